The highest BCUT2D eigenvalue weighted by atomic mass is 79.9. The molecule has 1 atom stereocenters. The number of nitrogens with one attached hydrogen (secondary N) is 2. The molecule has 3 rings (SSSR count). The Kier molecular flexibility index (Phi) is 3.94. The SMILES string of the molecule is O=c1[nH]c2cc(Br)c(C(Cl)c3ccc(Br)c(F)c3)cc2[nH]1. The van der Waals surface area contributed by atoms with Gasteiger partial charge >= 0.3 is 5.69 Å². The largest absolute Gasteiger partial charge is 0.323 e. The summed E-state index contributed by atoms with van der Waals surface area (Å²) in [6, 6.07) is 8.30. The van der Waals surface area contributed by atoms with Crippen molar-refractivity contribution in [3.8, 4) is 0 Å². The summed E-state index contributed by atoms with van der Waals surface area (Å²) >= 11 is 13.0. The number of benzene rings is 2. The molecule has 1 unspecified atom stereocenters. The molecule has 0 saturated carbocycles. The fourth-order valence-electron chi connectivity index (χ4n) is 2.12. The molecule has 0 fully saturated rings. The third kappa shape index (κ3) is 2.80. The highest BCUT2D eigenvalue weighted by molar-refractivity contribution is 9.10. The molecule has 0 radical (unpaired) electrons. The minimum Gasteiger partial charge on any atom is -0.306 e. The Hall–Kier alpha value is -1.11. The van der Waals surface area contributed by atoms with E-state index in [2.05, 4.69) is 41.8 Å². The molecule has 0 saturated heterocycles. The molecule has 3 nitrogen and oxygen atoms in total. The normalized spacial score (nSPS) is 12.8. The van der Waals surface area contributed by atoms with E-state index in [1.165, 1.54) is 6.07 Å². The highest BCUT2D eigenvalue weighted by Crippen LogP contribution is 2.36. The number of fused-ring (bicyclic) bond motifs is 1. The van der Waals surface area contributed by atoms with E-state index >= 15 is 0 Å². The van der Waals surface area contributed by atoms with Gasteiger partial charge in [-0.2, -0.15) is 0 Å². The van der Waals surface area contributed by atoms with Gasteiger partial charge < -0.3 is 9.97 Å². The van der Waals surface area contributed by atoms with Crippen LogP contribution in [-0.2, 0) is 0 Å². The van der Waals surface area contributed by atoms with Gasteiger partial charge in [0.25, 0.3) is 0 Å². The maximum Gasteiger partial charge on any atom is 0.323 e. The van der Waals surface area contributed by atoms with Crippen molar-refractivity contribution in [2.45, 2.75) is 5.38 Å². The van der Waals surface area contributed by atoms with Crippen molar-refractivity contribution in [3.05, 3.63) is 66.7 Å². The summed E-state index contributed by atoms with van der Waals surface area (Å²) in [5.41, 5.74) is 2.44. The minimum atomic E-state index is -0.537. The number of aromatic nitrogens is 2. The molecule has 0 aliphatic rings. The average Bonchev–Trinajstić information content (AvgIpc) is 2.79. The molecule has 1 heterocycles. The molecule has 0 aliphatic heterocycles. The topological polar surface area (TPSA) is 48.6 Å². The monoisotopic (exact) mass is 432 g/mol. The van der Waals surface area contributed by atoms with Crippen LogP contribution in [0.15, 0.2) is 44.1 Å². The summed E-state index contributed by atoms with van der Waals surface area (Å²) in [6.45, 7) is 0. The lowest BCUT2D eigenvalue weighted by atomic mass is 10.0. The van der Waals surface area contributed by atoms with Gasteiger partial charge in [0.05, 0.1) is 20.9 Å². The lowest BCUT2D eigenvalue weighted by molar-refractivity contribution is 0.619. The van der Waals surface area contributed by atoms with Gasteiger partial charge in [0.2, 0.25) is 0 Å². The Labute approximate surface area is 140 Å². The Balaban J connectivity index is 2.11. The highest BCUT2D eigenvalue weighted by Gasteiger charge is 2.17. The lowest BCUT2D eigenvalue weighted by Gasteiger charge is -2.13. The molecular weight excluding hydrogens is 426 g/mol. The van der Waals surface area contributed by atoms with Crippen LogP contribution in [0.1, 0.15) is 16.5 Å². The smallest absolute Gasteiger partial charge is 0.306 e. The zero-order valence-electron chi connectivity index (χ0n) is 10.4. The van der Waals surface area contributed by atoms with Crippen molar-refractivity contribution in [3.63, 3.8) is 0 Å². The van der Waals surface area contributed by atoms with Crippen molar-refractivity contribution in [2.24, 2.45) is 0 Å². The van der Waals surface area contributed by atoms with E-state index in [9.17, 15) is 9.18 Å². The third-order valence-corrected chi connectivity index (χ3v) is 4.96. The molecule has 7 heteroatoms. The molecule has 0 amide bonds. The first-order chi connectivity index (χ1) is 9.95. The zero-order chi connectivity index (χ0) is 15.1. The van der Waals surface area contributed by atoms with E-state index in [0.29, 0.717) is 21.1 Å². The average molecular weight is 434 g/mol. The molecule has 2 aromatic carbocycles. The quantitative estimate of drug-likeness (QED) is 0.557. The summed E-state index contributed by atoms with van der Waals surface area (Å²) in [7, 11) is 0. The predicted octanol–water partition coefficient (Wildman–Crippen LogP) is 4.85. The number of alkyl halides is 1. The van der Waals surface area contributed by atoms with Crippen LogP contribution in [0.4, 0.5) is 4.39 Å². The van der Waals surface area contributed by atoms with E-state index in [1.807, 2.05) is 0 Å². The van der Waals surface area contributed by atoms with Crippen LogP contribution in [-0.4, -0.2) is 9.97 Å². The second-order valence-corrected chi connectivity index (χ2v) is 6.68. The standard InChI is InChI=1S/C14H8Br2ClFN2O/c15-8-2-1-6(3-10(8)18)13(17)7-4-11-12(5-9(7)16)20-14(21)19-11/h1-5,13H,(H2,19,20,21). The van der Waals surface area contributed by atoms with E-state index in [4.69, 9.17) is 11.6 Å². The van der Waals surface area contributed by atoms with Gasteiger partial charge in [0, 0.05) is 4.47 Å². The van der Waals surface area contributed by atoms with Crippen molar-refractivity contribution < 1.29 is 4.39 Å². The Morgan fingerprint density at radius 2 is 1.71 bits per heavy atom. The van der Waals surface area contributed by atoms with E-state index in [0.717, 1.165) is 10.0 Å². The molecule has 108 valence electrons. The summed E-state index contributed by atoms with van der Waals surface area (Å²) in [6.07, 6.45) is 0. The first-order valence-electron chi connectivity index (χ1n) is 5.96. The van der Waals surface area contributed by atoms with E-state index < -0.39 is 5.38 Å². The van der Waals surface area contributed by atoms with Crippen molar-refractivity contribution in [1.82, 2.24) is 9.97 Å². The van der Waals surface area contributed by atoms with Gasteiger partial charge in [0.1, 0.15) is 5.82 Å². The first-order valence-corrected chi connectivity index (χ1v) is 7.98. The molecule has 21 heavy (non-hydrogen) atoms. The molecule has 0 aliphatic carbocycles. The lowest BCUT2D eigenvalue weighted by Crippen LogP contribution is -1.99. The maximum atomic E-state index is 13.6. The van der Waals surface area contributed by atoms with Crippen molar-refractivity contribution >= 4 is 54.5 Å². The van der Waals surface area contributed by atoms with Gasteiger partial charge in [-0.25, -0.2) is 9.18 Å². The second kappa shape index (κ2) is 5.59. The van der Waals surface area contributed by atoms with E-state index in [-0.39, 0.29) is 11.5 Å². The van der Waals surface area contributed by atoms with Gasteiger partial charge in [0.15, 0.2) is 0 Å². The van der Waals surface area contributed by atoms with Gasteiger partial charge in [-0.1, -0.05) is 22.0 Å². The predicted molar refractivity (Wildman–Crippen MR) is 88.4 cm³/mol. The second-order valence-electron chi connectivity index (χ2n) is 4.53. The van der Waals surface area contributed by atoms with Crippen LogP contribution >= 0.6 is 43.5 Å². The molecule has 2 N–H and O–H groups in total. The van der Waals surface area contributed by atoms with Crippen LogP contribution < -0.4 is 5.69 Å². The molecular formula is C14H8Br2ClFN2O. The third-order valence-electron chi connectivity index (χ3n) is 3.14. The summed E-state index contributed by atoms with van der Waals surface area (Å²) in [5, 5.41) is -0.537. The fraction of sp³-hybridized carbons (Fsp3) is 0.0714. The van der Waals surface area contributed by atoms with E-state index in [1.54, 1.807) is 24.3 Å². The molecule has 0 spiro atoms. The van der Waals surface area contributed by atoms with Crippen molar-refractivity contribution in [2.75, 3.05) is 0 Å². The number of imidazole rings is 1. The van der Waals surface area contributed by atoms with Gasteiger partial charge in [-0.15, -0.1) is 11.6 Å². The van der Waals surface area contributed by atoms with Crippen LogP contribution in [0.5, 0.6) is 0 Å². The van der Waals surface area contributed by atoms with Crippen LogP contribution in [0.25, 0.3) is 11.0 Å². The zero-order valence-corrected chi connectivity index (χ0v) is 14.3. The number of rotatable bonds is 2. The first kappa shape index (κ1) is 14.8. The summed E-state index contributed by atoms with van der Waals surface area (Å²) in [5.74, 6) is -0.370. The summed E-state index contributed by atoms with van der Waals surface area (Å²) < 4.78 is 14.8. The number of halogens is 4. The summed E-state index contributed by atoms with van der Waals surface area (Å²) in [4.78, 5) is 16.7. The molecule has 0 bridgehead atoms. The molecule has 1 aromatic heterocycles. The number of aromatic amines is 2. The minimum absolute atomic E-state index is 0.283. The van der Waals surface area contributed by atoms with Crippen LogP contribution in [0, 0.1) is 5.82 Å². The van der Waals surface area contributed by atoms with Crippen LogP contribution in [0.3, 0.4) is 0 Å². The number of hydrogen-bond donors (Lipinski definition) is 2. The number of hydrogen-bond acceptors (Lipinski definition) is 1. The number of H-pyrrole nitrogens is 2. The van der Waals surface area contributed by atoms with Gasteiger partial charge in [-0.05, 0) is 51.3 Å². The van der Waals surface area contributed by atoms with Gasteiger partial charge in [-0.3, -0.25) is 0 Å². The Morgan fingerprint density at radius 1 is 1.05 bits per heavy atom. The van der Waals surface area contributed by atoms with Crippen LogP contribution in [0.2, 0.25) is 0 Å². The Morgan fingerprint density at radius 3 is 2.38 bits per heavy atom. The maximum absolute atomic E-state index is 13.6. The fourth-order valence-corrected chi connectivity index (χ4v) is 3.38. The van der Waals surface area contributed by atoms with Crippen molar-refractivity contribution in [1.29, 1.82) is 0 Å². The molecule has 3 aromatic rings. The Bertz CT molecular complexity index is 890.